The van der Waals surface area contributed by atoms with Crippen LogP contribution in [0.15, 0.2) is 10.6 Å². The predicted molar refractivity (Wildman–Crippen MR) is 109 cm³/mol. The first-order valence-corrected chi connectivity index (χ1v) is 11.7. The summed E-state index contributed by atoms with van der Waals surface area (Å²) >= 11 is 12.3. The summed E-state index contributed by atoms with van der Waals surface area (Å²) < 4.78 is 0.504. The summed E-state index contributed by atoms with van der Waals surface area (Å²) in [5.74, 6) is 5.12. The number of halogens is 2. The maximum atomic E-state index is 6.17. The number of rotatable bonds is 2. The summed E-state index contributed by atoms with van der Waals surface area (Å²) in [7, 11) is 0. The molecule has 142 valence electrons. The fraction of sp³-hybridized carbons (Fsp3) is 0.913. The Kier molecular flexibility index (Phi) is 5.03. The second kappa shape index (κ2) is 6.73. The van der Waals surface area contributed by atoms with Crippen LogP contribution in [0.1, 0.15) is 85.0 Å². The van der Waals surface area contributed by atoms with Crippen LogP contribution in [0, 0.1) is 46.3 Å². The van der Waals surface area contributed by atoms with Crippen LogP contribution in [0.4, 0.5) is 0 Å². The standard InChI is InChI=1S/C23H36Cl2/c1-4-16-13-15(14-20(24)25)21-18-9-8-17-7-5-6-11-22(17,2)19(18)10-12-23(16,21)3/h14-19,21H,4-13H2,1-3H3/t15?,16-,17?,18+,19-,21-,22-,23+/m0/s1. The second-order valence-corrected chi connectivity index (χ2v) is 11.3. The van der Waals surface area contributed by atoms with Gasteiger partial charge in [0, 0.05) is 0 Å². The van der Waals surface area contributed by atoms with E-state index in [1.54, 1.807) is 0 Å². The summed E-state index contributed by atoms with van der Waals surface area (Å²) in [6.07, 6.45) is 16.6. The SMILES string of the molecule is CC[C@H]1CC(C=C(Cl)Cl)[C@H]2[C@@H]3CCC4CCCC[C@]4(C)[C@H]3CC[C@]12C. The smallest absolute Gasteiger partial charge is 0.0712 e. The topological polar surface area (TPSA) is 0 Å². The lowest BCUT2D eigenvalue weighted by Crippen LogP contribution is -2.53. The van der Waals surface area contributed by atoms with Crippen LogP contribution < -0.4 is 0 Å². The molecule has 0 N–H and O–H groups in total. The Balaban J connectivity index is 1.69. The fourth-order valence-electron chi connectivity index (χ4n) is 8.57. The number of hydrogen-bond donors (Lipinski definition) is 0. The van der Waals surface area contributed by atoms with Gasteiger partial charge in [-0.1, -0.05) is 69.3 Å². The van der Waals surface area contributed by atoms with Gasteiger partial charge < -0.3 is 0 Å². The van der Waals surface area contributed by atoms with E-state index in [1.807, 2.05) is 0 Å². The molecule has 25 heavy (non-hydrogen) atoms. The lowest BCUT2D eigenvalue weighted by molar-refractivity contribution is -0.115. The lowest BCUT2D eigenvalue weighted by atomic mass is 9.44. The second-order valence-electron chi connectivity index (χ2n) is 10.3. The van der Waals surface area contributed by atoms with E-state index in [0.717, 1.165) is 29.6 Å². The van der Waals surface area contributed by atoms with Crippen LogP contribution in [-0.2, 0) is 0 Å². The molecule has 2 unspecified atom stereocenters. The Morgan fingerprint density at radius 2 is 1.80 bits per heavy atom. The van der Waals surface area contributed by atoms with E-state index in [1.165, 1.54) is 64.2 Å². The lowest BCUT2D eigenvalue weighted by Gasteiger charge is -2.61. The highest BCUT2D eigenvalue weighted by molar-refractivity contribution is 6.55. The molecule has 0 nitrogen and oxygen atoms in total. The van der Waals surface area contributed by atoms with Crippen LogP contribution >= 0.6 is 23.2 Å². The average Bonchev–Trinajstić information content (AvgIpc) is 2.85. The molecule has 0 aliphatic heterocycles. The van der Waals surface area contributed by atoms with Gasteiger partial charge in [0.15, 0.2) is 0 Å². The van der Waals surface area contributed by atoms with Crippen molar-refractivity contribution in [2.75, 3.05) is 0 Å². The fourth-order valence-corrected chi connectivity index (χ4v) is 8.89. The molecule has 0 amide bonds. The molecule has 4 rings (SSSR count). The van der Waals surface area contributed by atoms with Crippen molar-refractivity contribution in [3.05, 3.63) is 10.6 Å². The average molecular weight is 383 g/mol. The molecule has 0 bridgehead atoms. The Morgan fingerprint density at radius 3 is 2.52 bits per heavy atom. The van der Waals surface area contributed by atoms with Gasteiger partial charge in [-0.2, -0.15) is 0 Å². The zero-order valence-corrected chi connectivity index (χ0v) is 17.9. The molecule has 0 saturated heterocycles. The quantitative estimate of drug-likeness (QED) is 0.453. The van der Waals surface area contributed by atoms with Crippen molar-refractivity contribution in [1.29, 1.82) is 0 Å². The monoisotopic (exact) mass is 382 g/mol. The zero-order chi connectivity index (χ0) is 17.8. The van der Waals surface area contributed by atoms with Crippen LogP contribution in [0.5, 0.6) is 0 Å². The summed E-state index contributed by atoms with van der Waals surface area (Å²) in [5, 5.41) is 0. The van der Waals surface area contributed by atoms with Gasteiger partial charge in [0.25, 0.3) is 0 Å². The summed E-state index contributed by atoms with van der Waals surface area (Å²) in [6.45, 7) is 7.68. The van der Waals surface area contributed by atoms with Crippen molar-refractivity contribution in [3.63, 3.8) is 0 Å². The van der Waals surface area contributed by atoms with E-state index in [0.29, 0.717) is 21.2 Å². The highest BCUT2D eigenvalue weighted by Crippen LogP contribution is 2.69. The summed E-state index contributed by atoms with van der Waals surface area (Å²) in [5.41, 5.74) is 1.13. The Labute approximate surface area is 165 Å². The Bertz CT molecular complexity index is 536. The molecule has 0 aromatic rings. The third-order valence-corrected chi connectivity index (χ3v) is 9.92. The van der Waals surface area contributed by atoms with Crippen molar-refractivity contribution in [1.82, 2.24) is 0 Å². The number of fused-ring (bicyclic) bond motifs is 5. The van der Waals surface area contributed by atoms with Crippen LogP contribution in [-0.4, -0.2) is 0 Å². The van der Waals surface area contributed by atoms with Gasteiger partial charge in [0.05, 0.1) is 0 Å². The van der Waals surface area contributed by atoms with E-state index >= 15 is 0 Å². The third-order valence-electron chi connectivity index (χ3n) is 9.66. The van der Waals surface area contributed by atoms with Gasteiger partial charge in [-0.15, -0.1) is 0 Å². The largest absolute Gasteiger partial charge is 0.103 e. The Morgan fingerprint density at radius 1 is 1.00 bits per heavy atom. The minimum Gasteiger partial charge on any atom is -0.0712 e. The number of hydrogen-bond acceptors (Lipinski definition) is 0. The van der Waals surface area contributed by atoms with Gasteiger partial charge in [0.1, 0.15) is 4.49 Å². The maximum absolute atomic E-state index is 6.17. The molecule has 0 spiro atoms. The summed E-state index contributed by atoms with van der Waals surface area (Å²) in [6, 6.07) is 0. The first-order valence-electron chi connectivity index (χ1n) is 10.9. The van der Waals surface area contributed by atoms with E-state index in [2.05, 4.69) is 26.8 Å². The molecular weight excluding hydrogens is 347 g/mol. The minimum absolute atomic E-state index is 0.504. The first kappa shape index (κ1) is 18.7. The molecule has 4 saturated carbocycles. The van der Waals surface area contributed by atoms with Gasteiger partial charge in [0.2, 0.25) is 0 Å². The van der Waals surface area contributed by atoms with Gasteiger partial charge >= 0.3 is 0 Å². The molecule has 4 fully saturated rings. The van der Waals surface area contributed by atoms with Crippen molar-refractivity contribution < 1.29 is 0 Å². The van der Waals surface area contributed by atoms with Gasteiger partial charge in [-0.3, -0.25) is 0 Å². The molecular formula is C23H36Cl2. The Hall–Kier alpha value is 0.320. The molecule has 0 aromatic heterocycles. The van der Waals surface area contributed by atoms with Crippen LogP contribution in [0.25, 0.3) is 0 Å². The minimum atomic E-state index is 0.504. The predicted octanol–water partition coefficient (Wildman–Crippen LogP) is 7.99. The molecule has 0 radical (unpaired) electrons. The van der Waals surface area contributed by atoms with E-state index < -0.39 is 0 Å². The number of allylic oxidation sites excluding steroid dienone is 1. The molecule has 4 aliphatic carbocycles. The van der Waals surface area contributed by atoms with E-state index in [9.17, 15) is 0 Å². The van der Waals surface area contributed by atoms with Gasteiger partial charge in [-0.05, 0) is 91.3 Å². The molecule has 8 atom stereocenters. The highest BCUT2D eigenvalue weighted by atomic mass is 35.5. The molecule has 2 heteroatoms. The zero-order valence-electron chi connectivity index (χ0n) is 16.4. The van der Waals surface area contributed by atoms with Crippen molar-refractivity contribution in [2.24, 2.45) is 46.3 Å². The van der Waals surface area contributed by atoms with E-state index in [4.69, 9.17) is 23.2 Å². The van der Waals surface area contributed by atoms with Crippen LogP contribution in [0.3, 0.4) is 0 Å². The van der Waals surface area contributed by atoms with Crippen molar-refractivity contribution in [2.45, 2.75) is 85.0 Å². The highest BCUT2D eigenvalue weighted by Gasteiger charge is 2.61. The van der Waals surface area contributed by atoms with Crippen LogP contribution in [0.2, 0.25) is 0 Å². The molecule has 4 aliphatic rings. The van der Waals surface area contributed by atoms with E-state index in [-0.39, 0.29) is 0 Å². The molecule has 0 heterocycles. The molecule has 0 aromatic carbocycles. The van der Waals surface area contributed by atoms with Crippen molar-refractivity contribution in [3.8, 4) is 0 Å². The third kappa shape index (κ3) is 2.84. The van der Waals surface area contributed by atoms with Gasteiger partial charge in [-0.25, -0.2) is 0 Å². The van der Waals surface area contributed by atoms with Crippen molar-refractivity contribution >= 4 is 23.2 Å². The maximum Gasteiger partial charge on any atom is 0.103 e. The first-order chi connectivity index (χ1) is 11.9. The normalized spacial score (nSPS) is 52.0. The summed E-state index contributed by atoms with van der Waals surface area (Å²) in [4.78, 5) is 0.